The van der Waals surface area contributed by atoms with Gasteiger partial charge in [-0.05, 0) is 24.3 Å². The summed E-state index contributed by atoms with van der Waals surface area (Å²) in [6, 6.07) is 9.28. The van der Waals surface area contributed by atoms with E-state index in [-0.39, 0.29) is 5.69 Å². The first kappa shape index (κ1) is 10.4. The van der Waals surface area contributed by atoms with Crippen molar-refractivity contribution >= 4 is 16.9 Å². The van der Waals surface area contributed by atoms with E-state index in [0.29, 0.717) is 0 Å². The Labute approximate surface area is 102 Å². The van der Waals surface area contributed by atoms with Crippen LogP contribution in [-0.4, -0.2) is 31.1 Å². The molecule has 0 bridgehead atoms. The van der Waals surface area contributed by atoms with Gasteiger partial charge in [0.25, 0.3) is 0 Å². The first-order valence-corrected chi connectivity index (χ1v) is 5.25. The lowest BCUT2D eigenvalue weighted by Crippen LogP contribution is -1.97. The van der Waals surface area contributed by atoms with E-state index < -0.39 is 5.97 Å². The van der Waals surface area contributed by atoms with Crippen molar-refractivity contribution in [2.45, 2.75) is 0 Å². The van der Waals surface area contributed by atoms with Crippen LogP contribution < -0.4 is 0 Å². The van der Waals surface area contributed by atoms with Crippen LogP contribution in [0, 0.1) is 0 Å². The largest absolute Gasteiger partial charge is 0.476 e. The zero-order valence-corrected chi connectivity index (χ0v) is 9.19. The normalized spacial score (nSPS) is 10.7. The molecule has 1 aromatic carbocycles. The molecule has 0 radical (unpaired) electrons. The molecule has 0 saturated carbocycles. The van der Waals surface area contributed by atoms with E-state index in [1.807, 2.05) is 30.3 Å². The van der Waals surface area contributed by atoms with E-state index in [2.05, 4.69) is 15.3 Å². The van der Waals surface area contributed by atoms with Gasteiger partial charge in [-0.2, -0.15) is 0 Å². The number of carboxylic acids is 1. The Morgan fingerprint density at radius 1 is 1.22 bits per heavy atom. The van der Waals surface area contributed by atoms with Gasteiger partial charge >= 0.3 is 5.97 Å². The monoisotopic (exact) mass is 240 g/mol. The van der Waals surface area contributed by atoms with Crippen LogP contribution in [0.4, 0.5) is 0 Å². The molecular formula is C12H8N4O2. The number of carbonyl (C=O) groups is 1. The van der Waals surface area contributed by atoms with Crippen molar-refractivity contribution in [2.24, 2.45) is 0 Å². The van der Waals surface area contributed by atoms with Gasteiger partial charge in [-0.1, -0.05) is 11.3 Å². The fourth-order valence-electron chi connectivity index (χ4n) is 1.77. The summed E-state index contributed by atoms with van der Waals surface area (Å²) >= 11 is 0. The molecule has 0 saturated heterocycles. The molecule has 0 aliphatic rings. The molecule has 6 heteroatoms. The Hall–Kier alpha value is -2.76. The summed E-state index contributed by atoms with van der Waals surface area (Å²) in [6.45, 7) is 0. The van der Waals surface area contributed by atoms with E-state index in [0.717, 1.165) is 16.6 Å². The number of carboxylic acid groups (broad SMARTS) is 1. The van der Waals surface area contributed by atoms with Crippen molar-refractivity contribution in [3.8, 4) is 5.69 Å². The second-order valence-corrected chi connectivity index (χ2v) is 3.70. The molecule has 0 aliphatic carbocycles. The maximum absolute atomic E-state index is 10.8. The fraction of sp³-hybridized carbons (Fsp3) is 0. The summed E-state index contributed by atoms with van der Waals surface area (Å²) in [5, 5.41) is 17.1. The number of rotatable bonds is 2. The molecule has 2 heterocycles. The van der Waals surface area contributed by atoms with E-state index in [1.165, 1.54) is 10.9 Å². The standard InChI is InChI=1S/C12H8N4O2/c17-12(18)10-7-16(15-14-10)11-5-1-4-9-8(11)3-2-6-13-9/h1-7H,(H,17,18). The molecule has 18 heavy (non-hydrogen) atoms. The smallest absolute Gasteiger partial charge is 0.358 e. The van der Waals surface area contributed by atoms with Gasteiger partial charge in [0.05, 0.1) is 17.4 Å². The Bertz CT molecular complexity index is 730. The summed E-state index contributed by atoms with van der Waals surface area (Å²) in [5.41, 5.74) is 1.49. The Morgan fingerprint density at radius 3 is 2.89 bits per heavy atom. The SMILES string of the molecule is O=C(O)c1cn(-c2cccc3ncccc23)nn1. The number of hydrogen-bond acceptors (Lipinski definition) is 4. The van der Waals surface area contributed by atoms with E-state index in [4.69, 9.17) is 5.11 Å². The first-order chi connectivity index (χ1) is 8.75. The maximum Gasteiger partial charge on any atom is 0.358 e. The van der Waals surface area contributed by atoms with Gasteiger partial charge in [0, 0.05) is 11.6 Å². The molecule has 0 spiro atoms. The van der Waals surface area contributed by atoms with Crippen LogP contribution in [0.15, 0.2) is 42.7 Å². The number of hydrogen-bond donors (Lipinski definition) is 1. The average Bonchev–Trinajstić information content (AvgIpc) is 2.87. The third-order valence-electron chi connectivity index (χ3n) is 2.58. The minimum atomic E-state index is -1.10. The van der Waals surface area contributed by atoms with Gasteiger partial charge in [0.15, 0.2) is 5.69 Å². The molecule has 3 rings (SSSR count). The third-order valence-corrected chi connectivity index (χ3v) is 2.58. The molecule has 0 unspecified atom stereocenters. The number of benzene rings is 1. The van der Waals surface area contributed by atoms with E-state index in [1.54, 1.807) is 6.20 Å². The predicted molar refractivity (Wildman–Crippen MR) is 63.6 cm³/mol. The van der Waals surface area contributed by atoms with Gasteiger partial charge in [-0.15, -0.1) is 5.10 Å². The van der Waals surface area contributed by atoms with Crippen LogP contribution in [0.1, 0.15) is 10.5 Å². The third kappa shape index (κ3) is 1.60. The quantitative estimate of drug-likeness (QED) is 0.734. The summed E-state index contributed by atoms with van der Waals surface area (Å²) in [7, 11) is 0. The molecule has 0 amide bonds. The van der Waals surface area contributed by atoms with Crippen LogP contribution >= 0.6 is 0 Å². The van der Waals surface area contributed by atoms with E-state index in [9.17, 15) is 4.79 Å². The van der Waals surface area contributed by atoms with Crippen molar-refractivity contribution < 1.29 is 9.90 Å². The second-order valence-electron chi connectivity index (χ2n) is 3.70. The summed E-state index contributed by atoms with van der Waals surface area (Å²) in [5.74, 6) is -1.10. The molecule has 0 atom stereocenters. The highest BCUT2D eigenvalue weighted by Crippen LogP contribution is 2.19. The van der Waals surface area contributed by atoms with Crippen molar-refractivity contribution in [3.05, 3.63) is 48.4 Å². The Balaban J connectivity index is 2.21. The topological polar surface area (TPSA) is 80.9 Å². The number of aromatic carboxylic acids is 1. The van der Waals surface area contributed by atoms with Crippen LogP contribution in [0.3, 0.4) is 0 Å². The minimum Gasteiger partial charge on any atom is -0.476 e. The number of pyridine rings is 1. The average molecular weight is 240 g/mol. The molecule has 88 valence electrons. The molecule has 1 N–H and O–H groups in total. The molecule has 0 fully saturated rings. The highest BCUT2D eigenvalue weighted by molar-refractivity contribution is 5.88. The molecule has 3 aromatic rings. The van der Waals surface area contributed by atoms with Crippen molar-refractivity contribution in [3.63, 3.8) is 0 Å². The summed E-state index contributed by atoms with van der Waals surface area (Å²) < 4.78 is 1.44. The van der Waals surface area contributed by atoms with Gasteiger partial charge in [-0.25, -0.2) is 9.48 Å². The van der Waals surface area contributed by atoms with Crippen molar-refractivity contribution in [1.82, 2.24) is 20.0 Å². The van der Waals surface area contributed by atoms with Gasteiger partial charge in [0.2, 0.25) is 0 Å². The lowest BCUT2D eigenvalue weighted by Gasteiger charge is -2.04. The lowest BCUT2D eigenvalue weighted by atomic mass is 10.2. The molecule has 6 nitrogen and oxygen atoms in total. The zero-order chi connectivity index (χ0) is 12.5. The lowest BCUT2D eigenvalue weighted by molar-refractivity contribution is 0.0690. The summed E-state index contributed by atoms with van der Waals surface area (Å²) in [4.78, 5) is 15.0. The van der Waals surface area contributed by atoms with Gasteiger partial charge in [0.1, 0.15) is 0 Å². The molecule has 2 aromatic heterocycles. The van der Waals surface area contributed by atoms with Crippen LogP contribution in [0.2, 0.25) is 0 Å². The van der Waals surface area contributed by atoms with Crippen molar-refractivity contribution in [2.75, 3.05) is 0 Å². The van der Waals surface area contributed by atoms with Crippen LogP contribution in [-0.2, 0) is 0 Å². The zero-order valence-electron chi connectivity index (χ0n) is 9.19. The van der Waals surface area contributed by atoms with Gasteiger partial charge in [-0.3, -0.25) is 4.98 Å². The fourth-order valence-corrected chi connectivity index (χ4v) is 1.77. The number of fused-ring (bicyclic) bond motifs is 1. The predicted octanol–water partition coefficient (Wildman–Crippen LogP) is 1.51. The summed E-state index contributed by atoms with van der Waals surface area (Å²) in [6.07, 6.45) is 3.08. The molecule has 0 aliphatic heterocycles. The first-order valence-electron chi connectivity index (χ1n) is 5.25. The number of nitrogens with zero attached hydrogens (tertiary/aromatic N) is 4. The van der Waals surface area contributed by atoms with Gasteiger partial charge < -0.3 is 5.11 Å². The van der Waals surface area contributed by atoms with E-state index >= 15 is 0 Å². The highest BCUT2D eigenvalue weighted by Gasteiger charge is 2.10. The van der Waals surface area contributed by atoms with Crippen LogP contribution in [0.25, 0.3) is 16.6 Å². The Kier molecular flexibility index (Phi) is 2.26. The number of aromatic nitrogens is 4. The second kappa shape index (κ2) is 3.92. The Morgan fingerprint density at radius 2 is 2.11 bits per heavy atom. The maximum atomic E-state index is 10.8. The van der Waals surface area contributed by atoms with Crippen molar-refractivity contribution in [1.29, 1.82) is 0 Å². The van der Waals surface area contributed by atoms with Crippen LogP contribution in [0.5, 0.6) is 0 Å². The molecular weight excluding hydrogens is 232 g/mol. The highest BCUT2D eigenvalue weighted by atomic mass is 16.4. The minimum absolute atomic E-state index is 0.0871.